The van der Waals surface area contributed by atoms with Crippen LogP contribution in [0.3, 0.4) is 0 Å². The molecule has 0 aromatic rings. The second kappa shape index (κ2) is 15.0. The molecule has 19 heavy (non-hydrogen) atoms. The Labute approximate surface area is 117 Å². The van der Waals surface area contributed by atoms with Crippen LogP contribution in [0.4, 0.5) is 0 Å². The summed E-state index contributed by atoms with van der Waals surface area (Å²) in [6.45, 7) is 11.0. The Balaban J connectivity index is 0. The minimum atomic E-state index is -0.0940. The van der Waals surface area contributed by atoms with Crippen molar-refractivity contribution in [3.63, 3.8) is 0 Å². The van der Waals surface area contributed by atoms with E-state index in [1.807, 2.05) is 20.8 Å². The second-order valence-corrected chi connectivity index (χ2v) is 4.75. The molecule has 0 fully saturated rings. The minimum absolute atomic E-state index is 0.0730. The molecule has 0 saturated carbocycles. The van der Waals surface area contributed by atoms with E-state index in [-0.39, 0.29) is 11.9 Å². The number of hydrogen-bond donors (Lipinski definition) is 0. The Morgan fingerprint density at radius 3 is 2.00 bits per heavy atom. The highest BCUT2D eigenvalue weighted by molar-refractivity contribution is 5.69. The molecule has 0 amide bonds. The number of rotatable bonds is 8. The summed E-state index contributed by atoms with van der Waals surface area (Å²) in [4.78, 5) is 21.2. The topological polar surface area (TPSA) is 52.6 Å². The standard InChI is InChI=1S/C8H16O2.C7H14O2/c1-4-5-8(9)10-6-7(2)3;1-3-5-6-9-7(8)4-2/h7H,4-6H2,1-3H3;3-6H2,1-2H3. The molecule has 0 spiro atoms. The van der Waals surface area contributed by atoms with Gasteiger partial charge in [0.25, 0.3) is 0 Å². The van der Waals surface area contributed by atoms with Gasteiger partial charge in [-0.2, -0.15) is 0 Å². The number of esters is 2. The monoisotopic (exact) mass is 274 g/mol. The molecule has 0 radical (unpaired) electrons. The van der Waals surface area contributed by atoms with Gasteiger partial charge in [0.2, 0.25) is 0 Å². The highest BCUT2D eigenvalue weighted by atomic mass is 16.5. The van der Waals surface area contributed by atoms with Crippen molar-refractivity contribution in [2.24, 2.45) is 5.92 Å². The molecule has 0 N–H and O–H groups in total. The lowest BCUT2D eigenvalue weighted by Crippen LogP contribution is -2.08. The first-order valence-electron chi connectivity index (χ1n) is 7.29. The zero-order chi connectivity index (χ0) is 15.1. The maximum atomic E-state index is 10.7. The lowest BCUT2D eigenvalue weighted by Gasteiger charge is -2.05. The summed E-state index contributed by atoms with van der Waals surface area (Å²) >= 11 is 0. The van der Waals surface area contributed by atoms with Crippen molar-refractivity contribution in [2.75, 3.05) is 13.2 Å². The molecule has 0 aromatic heterocycles. The first-order valence-corrected chi connectivity index (χ1v) is 7.29. The van der Waals surface area contributed by atoms with Gasteiger partial charge in [0.1, 0.15) is 0 Å². The smallest absolute Gasteiger partial charge is 0.305 e. The third kappa shape index (κ3) is 19.5. The molecule has 0 bridgehead atoms. The first-order chi connectivity index (χ1) is 8.97. The summed E-state index contributed by atoms with van der Waals surface area (Å²) in [6.07, 6.45) is 3.97. The molecule has 0 aromatic carbocycles. The van der Waals surface area contributed by atoms with Crippen LogP contribution < -0.4 is 0 Å². The van der Waals surface area contributed by atoms with Gasteiger partial charge in [-0.05, 0) is 18.8 Å². The molecule has 0 saturated heterocycles. The summed E-state index contributed by atoms with van der Waals surface area (Å²) in [5, 5.41) is 0. The van der Waals surface area contributed by atoms with Crippen LogP contribution in [0.1, 0.15) is 66.7 Å². The van der Waals surface area contributed by atoms with Crippen molar-refractivity contribution in [3.8, 4) is 0 Å². The van der Waals surface area contributed by atoms with E-state index in [9.17, 15) is 9.59 Å². The van der Waals surface area contributed by atoms with Crippen molar-refractivity contribution in [2.45, 2.75) is 66.7 Å². The third-order valence-electron chi connectivity index (χ3n) is 2.08. The summed E-state index contributed by atoms with van der Waals surface area (Å²) in [5.74, 6) is 0.278. The second-order valence-electron chi connectivity index (χ2n) is 4.75. The summed E-state index contributed by atoms with van der Waals surface area (Å²) in [5.41, 5.74) is 0. The van der Waals surface area contributed by atoms with Crippen LogP contribution in [-0.4, -0.2) is 25.2 Å². The summed E-state index contributed by atoms with van der Waals surface area (Å²) in [7, 11) is 0. The van der Waals surface area contributed by atoms with E-state index in [0.29, 0.717) is 32.0 Å². The number of carbonyl (C=O) groups excluding carboxylic acids is 2. The van der Waals surface area contributed by atoms with Crippen molar-refractivity contribution >= 4 is 11.9 Å². The molecule has 0 aliphatic carbocycles. The average Bonchev–Trinajstić information content (AvgIpc) is 2.37. The van der Waals surface area contributed by atoms with Crippen LogP contribution in [0.5, 0.6) is 0 Å². The quantitative estimate of drug-likeness (QED) is 0.500. The Kier molecular flexibility index (Phi) is 16.0. The molecule has 4 nitrogen and oxygen atoms in total. The largest absolute Gasteiger partial charge is 0.466 e. The highest BCUT2D eigenvalue weighted by Crippen LogP contribution is 1.96. The fourth-order valence-electron chi connectivity index (χ4n) is 0.968. The van der Waals surface area contributed by atoms with E-state index in [2.05, 4.69) is 6.92 Å². The minimum Gasteiger partial charge on any atom is -0.466 e. The van der Waals surface area contributed by atoms with Gasteiger partial charge < -0.3 is 9.47 Å². The Morgan fingerprint density at radius 1 is 0.947 bits per heavy atom. The zero-order valence-corrected chi connectivity index (χ0v) is 13.2. The fraction of sp³-hybridized carbons (Fsp3) is 0.867. The van der Waals surface area contributed by atoms with E-state index in [1.54, 1.807) is 6.92 Å². The van der Waals surface area contributed by atoms with E-state index in [4.69, 9.17) is 9.47 Å². The number of unbranched alkanes of at least 4 members (excludes halogenated alkanes) is 1. The maximum absolute atomic E-state index is 10.7. The first kappa shape index (κ1) is 20.3. The number of hydrogen-bond acceptors (Lipinski definition) is 4. The van der Waals surface area contributed by atoms with Gasteiger partial charge in [-0.15, -0.1) is 0 Å². The molecule has 4 heteroatoms. The van der Waals surface area contributed by atoms with Crippen LogP contribution in [0.2, 0.25) is 0 Å². The van der Waals surface area contributed by atoms with Crippen LogP contribution in [0.25, 0.3) is 0 Å². The van der Waals surface area contributed by atoms with E-state index >= 15 is 0 Å². The molecular formula is C15H30O4. The van der Waals surface area contributed by atoms with Crippen molar-refractivity contribution in [1.82, 2.24) is 0 Å². The van der Waals surface area contributed by atoms with Gasteiger partial charge in [-0.3, -0.25) is 9.59 Å². The molecular weight excluding hydrogens is 244 g/mol. The Bertz CT molecular complexity index is 224. The lowest BCUT2D eigenvalue weighted by atomic mass is 10.2. The Morgan fingerprint density at radius 2 is 1.58 bits per heavy atom. The Hall–Kier alpha value is -1.06. The van der Waals surface area contributed by atoms with E-state index < -0.39 is 0 Å². The van der Waals surface area contributed by atoms with Crippen LogP contribution in [-0.2, 0) is 19.1 Å². The van der Waals surface area contributed by atoms with E-state index in [1.165, 1.54) is 0 Å². The fourth-order valence-corrected chi connectivity index (χ4v) is 0.968. The SMILES string of the molecule is CCCC(=O)OCC(C)C.CCCCOC(=O)CC. The summed E-state index contributed by atoms with van der Waals surface area (Å²) < 4.78 is 9.70. The zero-order valence-electron chi connectivity index (χ0n) is 13.2. The van der Waals surface area contributed by atoms with Gasteiger partial charge >= 0.3 is 11.9 Å². The number of carbonyl (C=O) groups is 2. The molecule has 0 heterocycles. The van der Waals surface area contributed by atoms with Crippen molar-refractivity contribution in [1.29, 1.82) is 0 Å². The van der Waals surface area contributed by atoms with Crippen LogP contribution in [0.15, 0.2) is 0 Å². The molecule has 0 rings (SSSR count). The average molecular weight is 274 g/mol. The number of ether oxygens (including phenoxy) is 2. The molecule has 0 aliphatic heterocycles. The third-order valence-corrected chi connectivity index (χ3v) is 2.08. The predicted octanol–water partition coefficient (Wildman–Crippen LogP) is 3.73. The van der Waals surface area contributed by atoms with E-state index in [0.717, 1.165) is 19.3 Å². The van der Waals surface area contributed by atoms with Crippen molar-refractivity contribution in [3.05, 3.63) is 0 Å². The summed E-state index contributed by atoms with van der Waals surface area (Å²) in [6, 6.07) is 0. The molecule has 0 unspecified atom stereocenters. The van der Waals surface area contributed by atoms with Gasteiger partial charge in [-0.25, -0.2) is 0 Å². The van der Waals surface area contributed by atoms with Crippen molar-refractivity contribution < 1.29 is 19.1 Å². The molecule has 0 atom stereocenters. The lowest BCUT2D eigenvalue weighted by molar-refractivity contribution is -0.145. The molecule has 114 valence electrons. The van der Waals surface area contributed by atoms with Crippen LogP contribution in [0, 0.1) is 5.92 Å². The van der Waals surface area contributed by atoms with Gasteiger partial charge in [-0.1, -0.05) is 41.0 Å². The van der Waals surface area contributed by atoms with Gasteiger partial charge in [0.05, 0.1) is 13.2 Å². The van der Waals surface area contributed by atoms with Crippen LogP contribution >= 0.6 is 0 Å². The highest BCUT2D eigenvalue weighted by Gasteiger charge is 2.01. The molecule has 0 aliphatic rings. The predicted molar refractivity (Wildman–Crippen MR) is 76.9 cm³/mol. The normalized spacial score (nSPS) is 9.58. The maximum Gasteiger partial charge on any atom is 0.305 e. The van der Waals surface area contributed by atoms with Gasteiger partial charge in [0, 0.05) is 12.8 Å². The van der Waals surface area contributed by atoms with Gasteiger partial charge in [0.15, 0.2) is 0 Å².